The smallest absolute Gasteiger partial charge is 0.119 e. The molecule has 0 aromatic heterocycles. The van der Waals surface area contributed by atoms with Gasteiger partial charge in [0.05, 0.1) is 0 Å². The molecule has 0 radical (unpaired) electrons. The van der Waals surface area contributed by atoms with Gasteiger partial charge in [-0.1, -0.05) is 32.0 Å². The van der Waals surface area contributed by atoms with Crippen molar-refractivity contribution in [3.05, 3.63) is 29.8 Å². The molecule has 0 saturated carbocycles. The van der Waals surface area contributed by atoms with Crippen LogP contribution in [0.2, 0.25) is 0 Å². The van der Waals surface area contributed by atoms with Crippen LogP contribution < -0.4 is 5.73 Å². The van der Waals surface area contributed by atoms with Gasteiger partial charge in [0.2, 0.25) is 0 Å². The summed E-state index contributed by atoms with van der Waals surface area (Å²) in [5, 5.41) is 0. The number of aldehydes is 1. The zero-order valence-corrected chi connectivity index (χ0v) is 8.29. The minimum absolute atomic E-state index is 0.639. The van der Waals surface area contributed by atoms with Crippen molar-refractivity contribution >= 4 is 12.0 Å². The lowest BCUT2D eigenvalue weighted by molar-refractivity contribution is -0.107. The van der Waals surface area contributed by atoms with E-state index >= 15 is 0 Å². The van der Waals surface area contributed by atoms with Crippen LogP contribution >= 0.6 is 0 Å². The Labute approximate surface area is 79.8 Å². The number of benzene rings is 1. The maximum atomic E-state index is 9.17. The van der Waals surface area contributed by atoms with Crippen LogP contribution in [0.15, 0.2) is 24.3 Å². The lowest BCUT2D eigenvalue weighted by atomic mass is 10.1. The molecule has 0 atom stereocenters. The Morgan fingerprint density at radius 2 is 1.85 bits per heavy atom. The van der Waals surface area contributed by atoms with Crippen molar-refractivity contribution in [2.75, 3.05) is 5.73 Å². The standard InChI is InChI=1S/C8H11N.C3H6O/c1-2-7-5-3-4-6-8(7)9;1-2-3-4/h3-6H,2,9H2,1H3;3H,2H2,1H3. The molecule has 0 bridgehead atoms. The minimum atomic E-state index is 0.639. The van der Waals surface area contributed by atoms with E-state index in [2.05, 4.69) is 13.0 Å². The molecule has 0 heterocycles. The van der Waals surface area contributed by atoms with Crippen LogP contribution in [0.1, 0.15) is 25.8 Å². The molecule has 0 aliphatic heterocycles. The molecular formula is C11H17NO. The van der Waals surface area contributed by atoms with Crippen LogP contribution in [0, 0.1) is 0 Å². The molecule has 13 heavy (non-hydrogen) atoms. The molecule has 0 aliphatic carbocycles. The first-order chi connectivity index (χ1) is 6.26. The molecule has 72 valence electrons. The topological polar surface area (TPSA) is 43.1 Å². The fraction of sp³-hybridized carbons (Fsp3) is 0.364. The summed E-state index contributed by atoms with van der Waals surface area (Å²) < 4.78 is 0. The number of hydrogen-bond donors (Lipinski definition) is 1. The lowest BCUT2D eigenvalue weighted by Crippen LogP contribution is -1.90. The van der Waals surface area contributed by atoms with Gasteiger partial charge in [-0.25, -0.2) is 0 Å². The third kappa shape index (κ3) is 5.01. The van der Waals surface area contributed by atoms with Gasteiger partial charge in [0.25, 0.3) is 0 Å². The first-order valence-corrected chi connectivity index (χ1v) is 4.53. The second-order valence-corrected chi connectivity index (χ2v) is 2.63. The molecule has 1 aromatic carbocycles. The lowest BCUT2D eigenvalue weighted by Gasteiger charge is -1.98. The fourth-order valence-corrected chi connectivity index (χ4v) is 0.856. The highest BCUT2D eigenvalue weighted by Crippen LogP contribution is 2.09. The van der Waals surface area contributed by atoms with Crippen molar-refractivity contribution in [2.24, 2.45) is 0 Å². The van der Waals surface area contributed by atoms with E-state index in [1.807, 2.05) is 25.1 Å². The third-order valence-electron chi connectivity index (χ3n) is 1.60. The van der Waals surface area contributed by atoms with Crippen molar-refractivity contribution in [2.45, 2.75) is 26.7 Å². The summed E-state index contributed by atoms with van der Waals surface area (Å²) in [5.74, 6) is 0. The minimum Gasteiger partial charge on any atom is -0.399 e. The number of carbonyl (C=O) groups is 1. The maximum Gasteiger partial charge on any atom is 0.119 e. The van der Waals surface area contributed by atoms with Gasteiger partial charge in [0, 0.05) is 12.1 Å². The normalized spacial score (nSPS) is 8.46. The van der Waals surface area contributed by atoms with Crippen molar-refractivity contribution < 1.29 is 4.79 Å². The van der Waals surface area contributed by atoms with Gasteiger partial charge in [0.15, 0.2) is 0 Å². The molecule has 0 amide bonds. The third-order valence-corrected chi connectivity index (χ3v) is 1.60. The van der Waals surface area contributed by atoms with Gasteiger partial charge in [0.1, 0.15) is 6.29 Å². The van der Waals surface area contributed by atoms with E-state index in [0.29, 0.717) is 6.42 Å². The van der Waals surface area contributed by atoms with E-state index in [1.165, 1.54) is 5.56 Å². The largest absolute Gasteiger partial charge is 0.399 e. The van der Waals surface area contributed by atoms with E-state index in [4.69, 9.17) is 5.73 Å². The first kappa shape index (κ1) is 11.7. The molecule has 0 aliphatic rings. The van der Waals surface area contributed by atoms with Crippen molar-refractivity contribution in [3.63, 3.8) is 0 Å². The predicted molar refractivity (Wildman–Crippen MR) is 56.6 cm³/mol. The highest BCUT2D eigenvalue weighted by molar-refractivity contribution is 5.48. The molecule has 1 aromatic rings. The Kier molecular flexibility index (Phi) is 6.60. The highest BCUT2D eigenvalue weighted by atomic mass is 16.1. The molecule has 0 fully saturated rings. The van der Waals surface area contributed by atoms with Crippen LogP contribution in [-0.2, 0) is 11.2 Å². The number of nitrogen functional groups attached to an aromatic ring is 1. The van der Waals surface area contributed by atoms with E-state index < -0.39 is 0 Å². The summed E-state index contributed by atoms with van der Waals surface area (Å²) in [7, 11) is 0. The number of para-hydroxylation sites is 1. The molecule has 2 nitrogen and oxygen atoms in total. The van der Waals surface area contributed by atoms with E-state index in [1.54, 1.807) is 0 Å². The zero-order valence-electron chi connectivity index (χ0n) is 8.29. The Bertz CT molecular complexity index is 246. The number of rotatable bonds is 2. The molecule has 0 unspecified atom stereocenters. The number of carbonyl (C=O) groups excluding carboxylic acids is 1. The van der Waals surface area contributed by atoms with Gasteiger partial charge in [-0.3, -0.25) is 0 Å². The zero-order chi connectivity index (χ0) is 10.1. The molecule has 0 spiro atoms. The van der Waals surface area contributed by atoms with Crippen LogP contribution in [0.5, 0.6) is 0 Å². The maximum absolute atomic E-state index is 9.17. The molecular weight excluding hydrogens is 162 g/mol. The monoisotopic (exact) mass is 179 g/mol. The number of nitrogens with two attached hydrogens (primary N) is 1. The summed E-state index contributed by atoms with van der Waals surface area (Å²) >= 11 is 0. The summed E-state index contributed by atoms with van der Waals surface area (Å²) in [6.45, 7) is 3.92. The predicted octanol–water partition coefficient (Wildman–Crippen LogP) is 2.43. The Balaban J connectivity index is 0.000000310. The molecule has 2 heteroatoms. The Morgan fingerprint density at radius 3 is 2.15 bits per heavy atom. The molecule has 1 rings (SSSR count). The second-order valence-electron chi connectivity index (χ2n) is 2.63. The second kappa shape index (κ2) is 7.35. The van der Waals surface area contributed by atoms with Gasteiger partial charge in [-0.2, -0.15) is 0 Å². The van der Waals surface area contributed by atoms with E-state index in [-0.39, 0.29) is 0 Å². The van der Waals surface area contributed by atoms with Crippen molar-refractivity contribution in [1.82, 2.24) is 0 Å². The SMILES string of the molecule is CCC=O.CCc1ccccc1N. The number of hydrogen-bond acceptors (Lipinski definition) is 2. The molecule has 2 N–H and O–H groups in total. The summed E-state index contributed by atoms with van der Waals surface area (Å²) in [6, 6.07) is 7.94. The van der Waals surface area contributed by atoms with Crippen molar-refractivity contribution in [1.29, 1.82) is 0 Å². The van der Waals surface area contributed by atoms with Crippen LogP contribution in [0.25, 0.3) is 0 Å². The first-order valence-electron chi connectivity index (χ1n) is 4.53. The summed E-state index contributed by atoms with van der Waals surface area (Å²) in [4.78, 5) is 9.17. The summed E-state index contributed by atoms with van der Waals surface area (Å²) in [6.07, 6.45) is 2.53. The van der Waals surface area contributed by atoms with Gasteiger partial charge >= 0.3 is 0 Å². The average Bonchev–Trinajstić information content (AvgIpc) is 2.19. The quantitative estimate of drug-likeness (QED) is 0.559. The Hall–Kier alpha value is -1.31. The van der Waals surface area contributed by atoms with Crippen LogP contribution in [-0.4, -0.2) is 6.29 Å². The van der Waals surface area contributed by atoms with E-state index in [0.717, 1.165) is 18.4 Å². The van der Waals surface area contributed by atoms with Gasteiger partial charge in [-0.15, -0.1) is 0 Å². The van der Waals surface area contributed by atoms with E-state index in [9.17, 15) is 4.79 Å². The van der Waals surface area contributed by atoms with Gasteiger partial charge < -0.3 is 10.5 Å². The van der Waals surface area contributed by atoms with Crippen molar-refractivity contribution in [3.8, 4) is 0 Å². The number of anilines is 1. The fourth-order valence-electron chi connectivity index (χ4n) is 0.856. The van der Waals surface area contributed by atoms with Gasteiger partial charge in [-0.05, 0) is 18.1 Å². The van der Waals surface area contributed by atoms with Crippen LogP contribution in [0.4, 0.5) is 5.69 Å². The highest BCUT2D eigenvalue weighted by Gasteiger charge is 1.90. The number of aryl methyl sites for hydroxylation is 1. The van der Waals surface area contributed by atoms with Crippen LogP contribution in [0.3, 0.4) is 0 Å². The Morgan fingerprint density at radius 1 is 1.31 bits per heavy atom. The average molecular weight is 179 g/mol. The molecule has 0 saturated heterocycles. The summed E-state index contributed by atoms with van der Waals surface area (Å²) in [5.41, 5.74) is 7.77.